The number of rotatable bonds is 4. The molecule has 108 valence electrons. The number of benzene rings is 2. The Kier molecular flexibility index (Phi) is 4.35. The maximum atomic E-state index is 11.2. The number of halogens is 2. The minimum atomic E-state index is -1.18. The molecule has 0 amide bonds. The van der Waals surface area contributed by atoms with Crippen LogP contribution in [0.4, 0.5) is 11.4 Å². The van der Waals surface area contributed by atoms with Gasteiger partial charge in [-0.2, -0.15) is 0 Å². The lowest BCUT2D eigenvalue weighted by Gasteiger charge is -2.12. The van der Waals surface area contributed by atoms with Crippen LogP contribution in [0.25, 0.3) is 0 Å². The topological polar surface area (TPSA) is 86.6 Å². The Morgan fingerprint density at radius 2 is 1.38 bits per heavy atom. The molecule has 0 aliphatic heterocycles. The number of carboxylic acids is 2. The van der Waals surface area contributed by atoms with E-state index in [-0.39, 0.29) is 27.5 Å². The van der Waals surface area contributed by atoms with Crippen LogP contribution in [0.5, 0.6) is 0 Å². The lowest BCUT2D eigenvalue weighted by atomic mass is 10.1. The van der Waals surface area contributed by atoms with E-state index in [1.54, 1.807) is 0 Å². The van der Waals surface area contributed by atoms with E-state index in [1.807, 2.05) is 0 Å². The lowest BCUT2D eigenvalue weighted by Crippen LogP contribution is -2.06. The van der Waals surface area contributed by atoms with Crippen LogP contribution >= 0.6 is 23.2 Å². The highest BCUT2D eigenvalue weighted by molar-refractivity contribution is 6.31. The van der Waals surface area contributed by atoms with Gasteiger partial charge in [-0.25, -0.2) is 9.59 Å². The predicted molar refractivity (Wildman–Crippen MR) is 80.1 cm³/mol. The van der Waals surface area contributed by atoms with Gasteiger partial charge >= 0.3 is 11.9 Å². The quantitative estimate of drug-likeness (QED) is 0.786. The van der Waals surface area contributed by atoms with Gasteiger partial charge in [-0.3, -0.25) is 0 Å². The predicted octanol–water partition coefficient (Wildman–Crippen LogP) is 4.13. The van der Waals surface area contributed by atoms with Crippen LogP contribution in [0.2, 0.25) is 10.0 Å². The summed E-state index contributed by atoms with van der Waals surface area (Å²) in [5.41, 5.74) is 0.320. The van der Waals surface area contributed by atoms with Crippen LogP contribution in [-0.4, -0.2) is 22.2 Å². The van der Waals surface area contributed by atoms with Gasteiger partial charge in [0.15, 0.2) is 0 Å². The third kappa shape index (κ3) is 3.45. The summed E-state index contributed by atoms with van der Waals surface area (Å²) < 4.78 is 0. The summed E-state index contributed by atoms with van der Waals surface area (Å²) in [6.45, 7) is 0. The molecule has 0 aliphatic rings. The Morgan fingerprint density at radius 1 is 0.810 bits per heavy atom. The third-order valence-corrected chi connectivity index (χ3v) is 3.16. The minimum Gasteiger partial charge on any atom is -0.478 e. The fourth-order valence-corrected chi connectivity index (χ4v) is 2.10. The molecule has 21 heavy (non-hydrogen) atoms. The minimum absolute atomic E-state index is 0.0225. The van der Waals surface area contributed by atoms with Gasteiger partial charge in [0.25, 0.3) is 0 Å². The molecular formula is C14H9Cl2NO4. The van der Waals surface area contributed by atoms with E-state index in [4.69, 9.17) is 33.4 Å². The SMILES string of the molecule is O=C(O)c1ccc(Cl)cc1Nc1ccc(Cl)cc1C(=O)O. The van der Waals surface area contributed by atoms with Gasteiger partial charge in [0, 0.05) is 10.0 Å². The standard InChI is InChI=1S/C14H9Cl2NO4/c15-7-2-4-11(10(5-7)14(20)21)17-12-6-8(16)1-3-9(12)13(18)19/h1-6,17H,(H,18,19)(H,20,21). The van der Waals surface area contributed by atoms with Crippen LogP contribution in [0.3, 0.4) is 0 Å². The number of carbonyl (C=O) groups is 2. The van der Waals surface area contributed by atoms with E-state index in [2.05, 4.69) is 5.32 Å². The zero-order valence-electron chi connectivity index (χ0n) is 10.4. The fourth-order valence-electron chi connectivity index (χ4n) is 1.75. The molecule has 0 aromatic heterocycles. The Balaban J connectivity index is 2.50. The summed E-state index contributed by atoms with van der Waals surface area (Å²) in [5, 5.41) is 21.7. The molecule has 0 aliphatic carbocycles. The Morgan fingerprint density at radius 3 is 2.00 bits per heavy atom. The van der Waals surface area contributed by atoms with Crippen LogP contribution in [-0.2, 0) is 0 Å². The molecule has 5 nitrogen and oxygen atoms in total. The van der Waals surface area contributed by atoms with Crippen LogP contribution in [0.15, 0.2) is 36.4 Å². The maximum absolute atomic E-state index is 11.2. The van der Waals surface area contributed by atoms with Gasteiger partial charge in [-0.15, -0.1) is 0 Å². The van der Waals surface area contributed by atoms with Crippen molar-refractivity contribution in [2.24, 2.45) is 0 Å². The summed E-state index contributed by atoms with van der Waals surface area (Å²) in [7, 11) is 0. The van der Waals surface area contributed by atoms with Crippen molar-refractivity contribution in [2.75, 3.05) is 5.32 Å². The largest absolute Gasteiger partial charge is 0.478 e. The molecule has 0 fully saturated rings. The van der Waals surface area contributed by atoms with Crippen molar-refractivity contribution in [1.82, 2.24) is 0 Å². The molecule has 0 spiro atoms. The molecule has 0 saturated carbocycles. The first-order valence-corrected chi connectivity index (χ1v) is 6.47. The number of hydrogen-bond donors (Lipinski definition) is 3. The number of nitrogens with one attached hydrogen (secondary N) is 1. The third-order valence-electron chi connectivity index (χ3n) is 2.69. The van der Waals surface area contributed by atoms with E-state index >= 15 is 0 Å². The molecule has 0 radical (unpaired) electrons. The Hall–Kier alpha value is -2.24. The smallest absolute Gasteiger partial charge is 0.337 e. The van der Waals surface area contributed by atoms with Crippen molar-refractivity contribution in [2.45, 2.75) is 0 Å². The molecule has 0 bridgehead atoms. The molecule has 2 rings (SSSR count). The first-order chi connectivity index (χ1) is 9.88. The van der Waals surface area contributed by atoms with Gasteiger partial charge < -0.3 is 15.5 Å². The van der Waals surface area contributed by atoms with E-state index in [0.29, 0.717) is 5.02 Å². The van der Waals surface area contributed by atoms with Gasteiger partial charge in [0.2, 0.25) is 0 Å². The van der Waals surface area contributed by atoms with Crippen LogP contribution in [0, 0.1) is 0 Å². The van der Waals surface area contributed by atoms with Crippen LogP contribution < -0.4 is 5.32 Å². The van der Waals surface area contributed by atoms with Gasteiger partial charge in [-0.05, 0) is 36.4 Å². The summed E-state index contributed by atoms with van der Waals surface area (Å²) in [5.74, 6) is -2.33. The number of aromatic carboxylic acids is 2. The van der Waals surface area contributed by atoms with Crippen LogP contribution in [0.1, 0.15) is 20.7 Å². The second-order valence-corrected chi connectivity index (χ2v) is 4.99. The molecule has 0 saturated heterocycles. The van der Waals surface area contributed by atoms with E-state index < -0.39 is 11.9 Å². The Bertz CT molecular complexity index is 731. The Labute approximate surface area is 129 Å². The second kappa shape index (κ2) is 6.03. The molecule has 0 atom stereocenters. The van der Waals surface area contributed by atoms with Crippen molar-refractivity contribution < 1.29 is 19.8 Å². The molecule has 7 heteroatoms. The zero-order chi connectivity index (χ0) is 15.6. The van der Waals surface area contributed by atoms with Gasteiger partial charge in [0.05, 0.1) is 22.5 Å². The lowest BCUT2D eigenvalue weighted by molar-refractivity contribution is 0.0688. The number of hydrogen-bond acceptors (Lipinski definition) is 3. The molecular weight excluding hydrogens is 317 g/mol. The first kappa shape index (κ1) is 15.2. The average molecular weight is 326 g/mol. The first-order valence-electron chi connectivity index (χ1n) is 5.71. The zero-order valence-corrected chi connectivity index (χ0v) is 11.9. The molecule has 2 aromatic carbocycles. The van der Waals surface area contributed by atoms with Crippen molar-refractivity contribution in [3.05, 3.63) is 57.6 Å². The summed E-state index contributed by atoms with van der Waals surface area (Å²) >= 11 is 11.6. The van der Waals surface area contributed by atoms with Crippen molar-refractivity contribution in [1.29, 1.82) is 0 Å². The molecule has 2 aromatic rings. The van der Waals surface area contributed by atoms with Gasteiger partial charge in [0.1, 0.15) is 0 Å². The summed E-state index contributed by atoms with van der Waals surface area (Å²) in [4.78, 5) is 22.4. The van der Waals surface area contributed by atoms with Gasteiger partial charge in [-0.1, -0.05) is 23.2 Å². The van der Waals surface area contributed by atoms with E-state index in [0.717, 1.165) is 0 Å². The van der Waals surface area contributed by atoms with Crippen molar-refractivity contribution >= 4 is 46.5 Å². The summed E-state index contributed by atoms with van der Waals surface area (Å²) in [6, 6.07) is 8.42. The monoisotopic (exact) mass is 325 g/mol. The fraction of sp³-hybridized carbons (Fsp3) is 0. The number of carboxylic acid groups (broad SMARTS) is 2. The van der Waals surface area contributed by atoms with Crippen molar-refractivity contribution in [3.63, 3.8) is 0 Å². The molecule has 0 heterocycles. The highest BCUT2D eigenvalue weighted by atomic mass is 35.5. The number of anilines is 2. The van der Waals surface area contributed by atoms with E-state index in [9.17, 15) is 9.59 Å². The summed E-state index contributed by atoms with van der Waals surface area (Å²) in [6.07, 6.45) is 0. The molecule has 0 unspecified atom stereocenters. The van der Waals surface area contributed by atoms with E-state index in [1.165, 1.54) is 36.4 Å². The second-order valence-electron chi connectivity index (χ2n) is 4.12. The maximum Gasteiger partial charge on any atom is 0.337 e. The molecule has 3 N–H and O–H groups in total. The highest BCUT2D eigenvalue weighted by Gasteiger charge is 2.15. The van der Waals surface area contributed by atoms with Crippen molar-refractivity contribution in [3.8, 4) is 0 Å². The average Bonchev–Trinajstić information content (AvgIpc) is 2.40. The highest BCUT2D eigenvalue weighted by Crippen LogP contribution is 2.28. The normalized spacial score (nSPS) is 10.2.